The van der Waals surface area contributed by atoms with Gasteiger partial charge < -0.3 is 46.1 Å². The van der Waals surface area contributed by atoms with E-state index in [0.717, 1.165) is 6.42 Å². The van der Waals surface area contributed by atoms with Crippen LogP contribution in [0.1, 0.15) is 47.5 Å². The van der Waals surface area contributed by atoms with Gasteiger partial charge in [-0.2, -0.15) is 0 Å². The largest absolute Gasteiger partial charge is 0.396 e. The summed E-state index contributed by atoms with van der Waals surface area (Å²) in [6.07, 6.45) is -0.472. The molecule has 1 saturated heterocycles. The van der Waals surface area contributed by atoms with Crippen molar-refractivity contribution < 1.29 is 34.6 Å². The summed E-state index contributed by atoms with van der Waals surface area (Å²) in [4.78, 5) is 0. The average Bonchev–Trinajstić information content (AvgIpc) is 3.20. The minimum atomic E-state index is -0.864. The van der Waals surface area contributed by atoms with Gasteiger partial charge in [0.15, 0.2) is 5.79 Å². The van der Waals surface area contributed by atoms with Crippen LogP contribution in [0.4, 0.5) is 0 Å². The maximum atomic E-state index is 9.14. The summed E-state index contributed by atoms with van der Waals surface area (Å²) in [5.74, 6) is -0.646. The monoisotopic (exact) mass is 458 g/mol. The highest BCUT2D eigenvalue weighted by atomic mass is 35.5. The Morgan fingerprint density at radius 3 is 1.67 bits per heavy atom. The van der Waals surface area contributed by atoms with Gasteiger partial charge in [-0.3, -0.25) is 0 Å². The van der Waals surface area contributed by atoms with Crippen molar-refractivity contribution in [3.8, 4) is 0 Å². The predicted octanol–water partition coefficient (Wildman–Crippen LogP) is -0.253. The molecule has 8 N–H and O–H groups in total. The van der Waals surface area contributed by atoms with Crippen molar-refractivity contribution in [2.24, 2.45) is 23.3 Å². The highest BCUT2D eigenvalue weighted by molar-refractivity contribution is 5.85. The molecule has 0 radical (unpaired) electrons. The molecule has 0 spiro atoms. The number of aliphatic hydroxyl groups is 4. The summed E-state index contributed by atoms with van der Waals surface area (Å²) in [6, 6.07) is -0.379. The number of aliphatic hydroxyl groups excluding tert-OH is 4. The molecule has 182 valence electrons. The molecule has 0 unspecified atom stereocenters. The lowest BCUT2D eigenvalue weighted by molar-refractivity contribution is -0.159. The van der Waals surface area contributed by atoms with Crippen molar-refractivity contribution in [2.45, 2.75) is 95.3 Å². The lowest BCUT2D eigenvalue weighted by atomic mass is 10.1. The maximum absolute atomic E-state index is 9.14. The molecule has 3 aliphatic rings. The van der Waals surface area contributed by atoms with Gasteiger partial charge in [-0.25, -0.2) is 0 Å². The smallest absolute Gasteiger partial charge is 0.163 e. The van der Waals surface area contributed by atoms with Gasteiger partial charge in [0.05, 0.1) is 23.9 Å². The number of fused-ring (bicyclic) bond motifs is 1. The number of methoxy groups -OCH3 is 1. The van der Waals surface area contributed by atoms with E-state index in [1.165, 1.54) is 0 Å². The molecule has 0 aromatic rings. The zero-order valence-corrected chi connectivity index (χ0v) is 19.8. The van der Waals surface area contributed by atoms with Crippen LogP contribution in [0, 0.1) is 11.8 Å². The van der Waals surface area contributed by atoms with Crippen molar-refractivity contribution in [3.63, 3.8) is 0 Å². The molecule has 1 heterocycles. The van der Waals surface area contributed by atoms with Gasteiger partial charge >= 0.3 is 0 Å². The Morgan fingerprint density at radius 2 is 1.33 bits per heavy atom. The molecular formula is C20H43ClN2O7. The molecule has 2 saturated carbocycles. The number of halogens is 1. The topological polar surface area (TPSA) is 161 Å². The Labute approximate surface area is 186 Å². The summed E-state index contributed by atoms with van der Waals surface area (Å²) < 4.78 is 16.3. The molecule has 1 aliphatic heterocycles. The first-order valence-corrected chi connectivity index (χ1v) is 10.3. The van der Waals surface area contributed by atoms with E-state index < -0.39 is 18.0 Å². The van der Waals surface area contributed by atoms with Crippen LogP contribution in [-0.2, 0) is 14.2 Å². The first-order chi connectivity index (χ1) is 13.3. The van der Waals surface area contributed by atoms with Crippen LogP contribution >= 0.6 is 12.4 Å². The van der Waals surface area contributed by atoms with Crippen molar-refractivity contribution >= 4 is 12.4 Å². The zero-order valence-electron chi connectivity index (χ0n) is 19.0. The number of nitrogens with two attached hydrogens (primary N) is 2. The second-order valence-electron chi connectivity index (χ2n) is 9.55. The van der Waals surface area contributed by atoms with Gasteiger partial charge in [-0.1, -0.05) is 0 Å². The molecule has 0 amide bonds. The minimum Gasteiger partial charge on any atom is -0.396 e. The van der Waals surface area contributed by atoms with Crippen LogP contribution in [0.5, 0.6) is 0 Å². The summed E-state index contributed by atoms with van der Waals surface area (Å²) in [7, 11) is 1.71. The Morgan fingerprint density at radius 1 is 0.900 bits per heavy atom. The fourth-order valence-corrected chi connectivity index (χ4v) is 3.65. The lowest BCUT2D eigenvalue weighted by Crippen LogP contribution is -2.35. The fraction of sp³-hybridized carbons (Fsp3) is 1.00. The standard InChI is InChI=1S/C9H17NO3.C6H13NO3.C5H12O.ClH/c1-9(2)12-7-5(4-11)3-6(10)8(7)13-9;7-4-1-3(2-8)5(9)6(4)10;1-5(2,3)6-4;/h5-8,11H,3-4,10H2,1-2H3;3-6,8-10H,1-2,7H2;1-4H3;1H/t5-,6-,7-,8+;3-,4-,5-,6+;;/m11../s1. The fourth-order valence-electron chi connectivity index (χ4n) is 3.65. The van der Waals surface area contributed by atoms with Gasteiger partial charge in [0.2, 0.25) is 0 Å². The van der Waals surface area contributed by atoms with E-state index in [1.54, 1.807) is 7.11 Å². The van der Waals surface area contributed by atoms with Crippen LogP contribution in [0.3, 0.4) is 0 Å². The SMILES string of the molecule is CC1(C)O[C@@H]2[C@@H](CO)C[C@@H](N)[C@@H]2O1.COC(C)(C)C.Cl.N[C@@H]1C[C@H](CO)[C@@H](O)[C@H]1O. The third-order valence-electron chi connectivity index (χ3n) is 5.55. The number of hydrogen-bond acceptors (Lipinski definition) is 9. The molecule has 8 atom stereocenters. The Bertz CT molecular complexity index is 492. The molecule has 10 heteroatoms. The van der Waals surface area contributed by atoms with Crippen LogP contribution in [0.2, 0.25) is 0 Å². The Hall–Kier alpha value is -0.0700. The van der Waals surface area contributed by atoms with E-state index in [2.05, 4.69) is 0 Å². The van der Waals surface area contributed by atoms with E-state index in [-0.39, 0.29) is 67.3 Å². The molecule has 9 nitrogen and oxygen atoms in total. The van der Waals surface area contributed by atoms with E-state index in [4.69, 9.17) is 46.1 Å². The summed E-state index contributed by atoms with van der Waals surface area (Å²) in [6.45, 7) is 9.85. The van der Waals surface area contributed by atoms with Crippen molar-refractivity contribution in [2.75, 3.05) is 20.3 Å². The molecule has 3 fully saturated rings. The first-order valence-electron chi connectivity index (χ1n) is 10.3. The molecule has 0 aromatic carbocycles. The quantitative estimate of drug-likeness (QED) is 0.327. The van der Waals surface area contributed by atoms with E-state index >= 15 is 0 Å². The number of rotatable bonds is 2. The molecule has 2 aliphatic carbocycles. The van der Waals surface area contributed by atoms with Crippen LogP contribution < -0.4 is 11.5 Å². The molecule has 0 bridgehead atoms. The van der Waals surface area contributed by atoms with E-state index in [1.807, 2.05) is 34.6 Å². The van der Waals surface area contributed by atoms with Crippen molar-refractivity contribution in [3.05, 3.63) is 0 Å². The molecule has 30 heavy (non-hydrogen) atoms. The Kier molecular flexibility index (Phi) is 12.2. The number of hydrogen-bond donors (Lipinski definition) is 6. The third kappa shape index (κ3) is 8.46. The maximum Gasteiger partial charge on any atom is 0.163 e. The highest BCUT2D eigenvalue weighted by Crippen LogP contribution is 2.40. The summed E-state index contributed by atoms with van der Waals surface area (Å²) in [5.41, 5.74) is 11.3. The zero-order chi connectivity index (χ0) is 22.6. The van der Waals surface area contributed by atoms with E-state index in [0.29, 0.717) is 6.42 Å². The molecular weight excluding hydrogens is 416 g/mol. The van der Waals surface area contributed by atoms with Gasteiger partial charge in [0, 0.05) is 44.2 Å². The molecule has 3 rings (SSSR count). The second kappa shape index (κ2) is 12.2. The summed E-state index contributed by atoms with van der Waals surface area (Å²) in [5, 5.41) is 36.0. The third-order valence-corrected chi connectivity index (χ3v) is 5.55. The normalized spacial score (nSPS) is 39.2. The summed E-state index contributed by atoms with van der Waals surface area (Å²) >= 11 is 0. The van der Waals surface area contributed by atoms with Crippen molar-refractivity contribution in [1.82, 2.24) is 0 Å². The van der Waals surface area contributed by atoms with Crippen LogP contribution in [0.15, 0.2) is 0 Å². The van der Waals surface area contributed by atoms with Gasteiger partial charge in [-0.15, -0.1) is 12.4 Å². The predicted molar refractivity (Wildman–Crippen MR) is 116 cm³/mol. The number of ether oxygens (including phenoxy) is 3. The van der Waals surface area contributed by atoms with Crippen LogP contribution in [-0.4, -0.2) is 88.6 Å². The first kappa shape index (κ1) is 29.9. The minimum absolute atomic E-state index is 0. The van der Waals surface area contributed by atoms with Crippen molar-refractivity contribution in [1.29, 1.82) is 0 Å². The highest BCUT2D eigenvalue weighted by Gasteiger charge is 2.52. The van der Waals surface area contributed by atoms with Gasteiger partial charge in [0.25, 0.3) is 0 Å². The van der Waals surface area contributed by atoms with E-state index in [9.17, 15) is 0 Å². The lowest BCUT2D eigenvalue weighted by Gasteiger charge is -2.21. The molecule has 0 aromatic heterocycles. The Balaban J connectivity index is 0.000000444. The van der Waals surface area contributed by atoms with Crippen LogP contribution in [0.25, 0.3) is 0 Å². The average molecular weight is 459 g/mol. The second-order valence-corrected chi connectivity index (χ2v) is 9.55. The van der Waals surface area contributed by atoms with Gasteiger partial charge in [-0.05, 0) is 47.5 Å². The van der Waals surface area contributed by atoms with Gasteiger partial charge in [0.1, 0.15) is 6.10 Å².